The number of hydrogen-bond acceptors (Lipinski definition) is 4. The van der Waals surface area contributed by atoms with E-state index in [0.717, 1.165) is 57.3 Å². The van der Waals surface area contributed by atoms with Crippen molar-refractivity contribution in [3.05, 3.63) is 53.6 Å². The van der Waals surface area contributed by atoms with Crippen molar-refractivity contribution in [2.75, 3.05) is 39.3 Å². The zero-order valence-electron chi connectivity index (χ0n) is 18.3. The van der Waals surface area contributed by atoms with Gasteiger partial charge < -0.3 is 10.0 Å². The normalized spacial score (nSPS) is 20.7. The first-order valence-electron chi connectivity index (χ1n) is 11.8. The van der Waals surface area contributed by atoms with Crippen molar-refractivity contribution in [3.63, 3.8) is 0 Å². The summed E-state index contributed by atoms with van der Waals surface area (Å²) in [5, 5.41) is 9.51. The molecule has 2 fully saturated rings. The van der Waals surface area contributed by atoms with Gasteiger partial charge in [0.15, 0.2) is 0 Å². The quantitative estimate of drug-likeness (QED) is 0.824. The highest BCUT2D eigenvalue weighted by atomic mass is 16.3. The molecule has 0 unspecified atom stereocenters. The molecule has 5 heteroatoms. The van der Waals surface area contributed by atoms with Crippen molar-refractivity contribution in [2.24, 2.45) is 0 Å². The van der Waals surface area contributed by atoms with Gasteiger partial charge in [0, 0.05) is 45.3 Å². The Hall–Kier alpha value is -2.37. The number of carbonyl (C=O) groups is 1. The summed E-state index contributed by atoms with van der Waals surface area (Å²) >= 11 is 0. The molecule has 0 radical (unpaired) electrons. The summed E-state index contributed by atoms with van der Waals surface area (Å²) < 4.78 is 0. The highest BCUT2D eigenvalue weighted by Crippen LogP contribution is 2.28. The number of nitrogens with zero attached hydrogens (tertiary/aromatic N) is 3. The Balaban J connectivity index is 1.15. The Kier molecular flexibility index (Phi) is 5.97. The van der Waals surface area contributed by atoms with Crippen molar-refractivity contribution in [3.8, 4) is 16.9 Å². The third-order valence-electron chi connectivity index (χ3n) is 7.37. The van der Waals surface area contributed by atoms with Gasteiger partial charge in [0.25, 0.3) is 0 Å². The van der Waals surface area contributed by atoms with Crippen LogP contribution in [0, 0.1) is 0 Å². The van der Waals surface area contributed by atoms with Crippen LogP contribution in [0.1, 0.15) is 36.8 Å². The maximum Gasteiger partial charge on any atom is 0.236 e. The maximum absolute atomic E-state index is 12.9. The Labute approximate surface area is 185 Å². The molecule has 2 aromatic carbocycles. The van der Waals surface area contributed by atoms with E-state index >= 15 is 0 Å². The molecular formula is C26H33N3O2. The summed E-state index contributed by atoms with van der Waals surface area (Å²) in [6.45, 7) is 6.16. The predicted molar refractivity (Wildman–Crippen MR) is 123 cm³/mol. The zero-order valence-corrected chi connectivity index (χ0v) is 18.3. The van der Waals surface area contributed by atoms with Gasteiger partial charge in [0.05, 0.1) is 6.54 Å². The van der Waals surface area contributed by atoms with E-state index < -0.39 is 0 Å². The molecule has 2 aromatic rings. The summed E-state index contributed by atoms with van der Waals surface area (Å²) in [6.07, 6.45) is 6.41. The number of rotatable bonds is 4. The number of hydrogen-bond donors (Lipinski definition) is 1. The number of carbonyl (C=O) groups excluding carboxylic acids is 1. The van der Waals surface area contributed by atoms with Crippen molar-refractivity contribution in [1.82, 2.24) is 14.7 Å². The van der Waals surface area contributed by atoms with E-state index in [0.29, 0.717) is 12.3 Å². The standard InChI is InChI=1S/C26H33N3O2/c30-25-9-7-20(8-10-25)21-5-6-23-18-27(12-11-22(23)17-21)19-26(31)29-15-13-28(14-16-29)24-3-1-2-4-24/h5-10,17,24,30H,1-4,11-16,18-19H2. The monoisotopic (exact) mass is 419 g/mol. The number of phenols is 1. The third kappa shape index (κ3) is 4.63. The van der Waals surface area contributed by atoms with Crippen LogP contribution < -0.4 is 0 Å². The van der Waals surface area contributed by atoms with E-state index in [2.05, 4.69) is 32.9 Å². The minimum atomic E-state index is 0.287. The predicted octanol–water partition coefficient (Wildman–Crippen LogP) is 3.50. The van der Waals surface area contributed by atoms with Gasteiger partial charge in [-0.1, -0.05) is 43.2 Å². The van der Waals surface area contributed by atoms with Gasteiger partial charge in [-0.05, 0) is 53.6 Å². The van der Waals surface area contributed by atoms with E-state index in [1.807, 2.05) is 12.1 Å². The van der Waals surface area contributed by atoms with Crippen LogP contribution in [0.2, 0.25) is 0 Å². The molecule has 1 amide bonds. The molecule has 1 N–H and O–H groups in total. The van der Waals surface area contributed by atoms with Gasteiger partial charge >= 0.3 is 0 Å². The van der Waals surface area contributed by atoms with E-state index in [1.165, 1.54) is 42.4 Å². The lowest BCUT2D eigenvalue weighted by Gasteiger charge is -2.39. The Morgan fingerprint density at radius 3 is 2.32 bits per heavy atom. The van der Waals surface area contributed by atoms with Crippen LogP contribution >= 0.6 is 0 Å². The summed E-state index contributed by atoms with van der Waals surface area (Å²) in [6, 6.07) is 14.8. The van der Waals surface area contributed by atoms with E-state index in [-0.39, 0.29) is 5.91 Å². The lowest BCUT2D eigenvalue weighted by atomic mass is 9.94. The number of benzene rings is 2. The first-order valence-corrected chi connectivity index (χ1v) is 11.8. The van der Waals surface area contributed by atoms with Crippen molar-refractivity contribution in [1.29, 1.82) is 0 Å². The van der Waals surface area contributed by atoms with Crippen LogP contribution in [0.15, 0.2) is 42.5 Å². The molecule has 0 bridgehead atoms. The van der Waals surface area contributed by atoms with Crippen molar-refractivity contribution >= 4 is 5.91 Å². The highest BCUT2D eigenvalue weighted by Gasteiger charge is 2.29. The second-order valence-corrected chi connectivity index (χ2v) is 9.35. The smallest absolute Gasteiger partial charge is 0.236 e. The Morgan fingerprint density at radius 1 is 0.871 bits per heavy atom. The maximum atomic E-state index is 12.9. The third-order valence-corrected chi connectivity index (χ3v) is 7.37. The van der Waals surface area contributed by atoms with Crippen LogP contribution in [0.3, 0.4) is 0 Å². The number of fused-ring (bicyclic) bond motifs is 1. The molecule has 31 heavy (non-hydrogen) atoms. The summed E-state index contributed by atoms with van der Waals surface area (Å²) in [4.78, 5) is 19.9. The molecule has 5 rings (SSSR count). The number of aromatic hydroxyl groups is 1. The molecule has 0 aromatic heterocycles. The fourth-order valence-electron chi connectivity index (χ4n) is 5.48. The lowest BCUT2D eigenvalue weighted by molar-refractivity contribution is -0.134. The largest absolute Gasteiger partial charge is 0.508 e. The first-order chi connectivity index (χ1) is 15.2. The second-order valence-electron chi connectivity index (χ2n) is 9.35. The fraction of sp³-hybridized carbons (Fsp3) is 0.500. The summed E-state index contributed by atoms with van der Waals surface area (Å²) in [7, 11) is 0. The molecule has 5 nitrogen and oxygen atoms in total. The molecule has 2 aliphatic heterocycles. The van der Waals surface area contributed by atoms with Gasteiger partial charge in [0.2, 0.25) is 5.91 Å². The molecule has 1 saturated carbocycles. The average Bonchev–Trinajstić information content (AvgIpc) is 3.34. The fourth-order valence-corrected chi connectivity index (χ4v) is 5.48. The molecule has 1 saturated heterocycles. The molecule has 1 aliphatic carbocycles. The van der Waals surface area contributed by atoms with Crippen LogP contribution in [0.5, 0.6) is 5.75 Å². The summed E-state index contributed by atoms with van der Waals surface area (Å²) in [5.74, 6) is 0.581. The van der Waals surface area contributed by atoms with Gasteiger partial charge in [0.1, 0.15) is 5.75 Å². The highest BCUT2D eigenvalue weighted by molar-refractivity contribution is 5.78. The van der Waals surface area contributed by atoms with E-state index in [4.69, 9.17) is 0 Å². The van der Waals surface area contributed by atoms with Gasteiger partial charge in [-0.2, -0.15) is 0 Å². The molecule has 3 aliphatic rings. The van der Waals surface area contributed by atoms with E-state index in [1.54, 1.807) is 12.1 Å². The molecular weight excluding hydrogens is 386 g/mol. The molecule has 164 valence electrons. The Morgan fingerprint density at radius 2 is 1.58 bits per heavy atom. The second kappa shape index (κ2) is 9.01. The number of piperazine rings is 1. The van der Waals surface area contributed by atoms with Crippen LogP contribution in [-0.2, 0) is 17.8 Å². The minimum absolute atomic E-state index is 0.287. The SMILES string of the molecule is O=C(CN1CCc2cc(-c3ccc(O)cc3)ccc2C1)N1CCN(C2CCCC2)CC1. The topological polar surface area (TPSA) is 47.0 Å². The van der Waals surface area contributed by atoms with Gasteiger partial charge in [-0.25, -0.2) is 0 Å². The molecule has 2 heterocycles. The first kappa shape index (κ1) is 20.5. The van der Waals surface area contributed by atoms with Crippen molar-refractivity contribution in [2.45, 2.75) is 44.7 Å². The lowest BCUT2D eigenvalue weighted by Crippen LogP contribution is -2.53. The van der Waals surface area contributed by atoms with Gasteiger partial charge in [-0.3, -0.25) is 14.6 Å². The van der Waals surface area contributed by atoms with Gasteiger partial charge in [-0.15, -0.1) is 0 Å². The van der Waals surface area contributed by atoms with Crippen molar-refractivity contribution < 1.29 is 9.90 Å². The summed E-state index contributed by atoms with van der Waals surface area (Å²) in [5.41, 5.74) is 5.01. The molecule has 0 atom stereocenters. The minimum Gasteiger partial charge on any atom is -0.508 e. The average molecular weight is 420 g/mol. The zero-order chi connectivity index (χ0) is 21.2. The Bertz CT molecular complexity index is 913. The number of amides is 1. The van der Waals surface area contributed by atoms with E-state index in [9.17, 15) is 9.90 Å². The van der Waals surface area contributed by atoms with Crippen LogP contribution in [0.4, 0.5) is 0 Å². The van der Waals surface area contributed by atoms with Crippen LogP contribution in [-0.4, -0.2) is 71.0 Å². The molecule has 0 spiro atoms. The van der Waals surface area contributed by atoms with Crippen LogP contribution in [0.25, 0.3) is 11.1 Å². The number of phenolic OH excluding ortho intramolecular Hbond substituents is 1.